The van der Waals surface area contributed by atoms with Gasteiger partial charge in [0.25, 0.3) is 0 Å². The highest BCUT2D eigenvalue weighted by Crippen LogP contribution is 2.33. The number of aryl methyl sites for hydroxylation is 1. The lowest BCUT2D eigenvalue weighted by Gasteiger charge is -2.48. The fraction of sp³-hybridized carbons (Fsp3) is 0.714. The molecule has 0 atom stereocenters. The van der Waals surface area contributed by atoms with Crippen LogP contribution in [0.15, 0.2) is 18.2 Å². The number of nitrogens with zero attached hydrogens (tertiary/aromatic N) is 1. The van der Waals surface area contributed by atoms with Gasteiger partial charge in [-0.25, -0.2) is 0 Å². The molecule has 0 radical (unpaired) electrons. The van der Waals surface area contributed by atoms with Crippen molar-refractivity contribution in [1.29, 1.82) is 0 Å². The van der Waals surface area contributed by atoms with Crippen LogP contribution in [0.1, 0.15) is 58.9 Å². The van der Waals surface area contributed by atoms with E-state index in [4.69, 9.17) is 10.5 Å². The molecule has 4 nitrogen and oxygen atoms in total. The van der Waals surface area contributed by atoms with Gasteiger partial charge in [-0.15, -0.1) is 0 Å². The molecule has 1 saturated heterocycles. The topological polar surface area (TPSA) is 50.5 Å². The van der Waals surface area contributed by atoms with Gasteiger partial charge in [0, 0.05) is 36.5 Å². The second kappa shape index (κ2) is 6.81. The van der Waals surface area contributed by atoms with Crippen molar-refractivity contribution in [2.45, 2.75) is 83.6 Å². The van der Waals surface area contributed by atoms with E-state index in [-0.39, 0.29) is 11.2 Å². The molecule has 1 aliphatic carbocycles. The number of morpholine rings is 1. The highest BCUT2D eigenvalue weighted by Gasteiger charge is 2.38. The van der Waals surface area contributed by atoms with Crippen molar-refractivity contribution in [3.8, 4) is 0 Å². The summed E-state index contributed by atoms with van der Waals surface area (Å²) in [6.07, 6.45) is 4.61. The van der Waals surface area contributed by atoms with Gasteiger partial charge in [0.2, 0.25) is 0 Å². The summed E-state index contributed by atoms with van der Waals surface area (Å²) < 4.78 is 6.21. The maximum atomic E-state index is 6.21. The first kappa shape index (κ1) is 18.5. The van der Waals surface area contributed by atoms with Gasteiger partial charge in [-0.1, -0.05) is 0 Å². The molecule has 0 bridgehead atoms. The Kier molecular flexibility index (Phi) is 5.04. The zero-order valence-corrected chi connectivity index (χ0v) is 16.6. The van der Waals surface area contributed by atoms with E-state index in [0.717, 1.165) is 25.9 Å². The first-order valence-electron chi connectivity index (χ1n) is 9.71. The van der Waals surface area contributed by atoms with Crippen molar-refractivity contribution in [2.75, 3.05) is 23.3 Å². The van der Waals surface area contributed by atoms with Crippen LogP contribution in [0.25, 0.3) is 0 Å². The Bertz CT molecular complexity index is 587. The van der Waals surface area contributed by atoms with Crippen molar-refractivity contribution in [1.82, 2.24) is 0 Å². The van der Waals surface area contributed by atoms with E-state index >= 15 is 0 Å². The lowest BCUT2D eigenvalue weighted by molar-refractivity contribution is -0.133. The van der Waals surface area contributed by atoms with E-state index in [2.05, 4.69) is 63.0 Å². The van der Waals surface area contributed by atoms with Crippen LogP contribution in [0.4, 0.5) is 11.4 Å². The van der Waals surface area contributed by atoms with Crippen LogP contribution in [-0.2, 0) is 4.74 Å². The van der Waals surface area contributed by atoms with Crippen LogP contribution in [-0.4, -0.2) is 36.4 Å². The van der Waals surface area contributed by atoms with Crippen LogP contribution < -0.4 is 16.0 Å². The summed E-state index contributed by atoms with van der Waals surface area (Å²) in [5.74, 6) is 0. The van der Waals surface area contributed by atoms with Gasteiger partial charge in [0.15, 0.2) is 0 Å². The molecule has 25 heavy (non-hydrogen) atoms. The number of benzene rings is 1. The molecule has 1 aromatic rings. The zero-order valence-electron chi connectivity index (χ0n) is 16.6. The molecule has 1 saturated carbocycles. The Morgan fingerprint density at radius 1 is 1.04 bits per heavy atom. The van der Waals surface area contributed by atoms with Gasteiger partial charge >= 0.3 is 0 Å². The van der Waals surface area contributed by atoms with Crippen molar-refractivity contribution >= 4 is 11.4 Å². The normalized spacial score (nSPS) is 28.6. The summed E-state index contributed by atoms with van der Waals surface area (Å²) in [7, 11) is 0. The fourth-order valence-electron chi connectivity index (χ4n) is 4.46. The number of anilines is 2. The average Bonchev–Trinajstić information content (AvgIpc) is 2.48. The van der Waals surface area contributed by atoms with E-state index < -0.39 is 0 Å². The number of hydrogen-bond donors (Lipinski definition) is 2. The molecule has 1 aromatic carbocycles. The molecule has 0 aromatic heterocycles. The average molecular weight is 346 g/mol. The highest BCUT2D eigenvalue weighted by molar-refractivity contribution is 5.61. The third kappa shape index (κ3) is 4.68. The Balaban J connectivity index is 1.71. The van der Waals surface area contributed by atoms with Crippen molar-refractivity contribution < 1.29 is 4.74 Å². The smallest absolute Gasteiger partial charge is 0.0808 e. The van der Waals surface area contributed by atoms with Crippen LogP contribution in [0.3, 0.4) is 0 Å². The lowest BCUT2D eigenvalue weighted by atomic mass is 9.91. The molecular formula is C21H35N3O. The van der Waals surface area contributed by atoms with E-state index in [1.165, 1.54) is 29.8 Å². The maximum absolute atomic E-state index is 6.21. The van der Waals surface area contributed by atoms with E-state index in [1.54, 1.807) is 0 Å². The van der Waals surface area contributed by atoms with E-state index in [0.29, 0.717) is 12.1 Å². The monoisotopic (exact) mass is 345 g/mol. The van der Waals surface area contributed by atoms with Crippen molar-refractivity contribution in [3.63, 3.8) is 0 Å². The number of hydrogen-bond acceptors (Lipinski definition) is 4. The summed E-state index contributed by atoms with van der Waals surface area (Å²) in [4.78, 5) is 2.46. The number of ether oxygens (including phenoxy) is 1. The molecule has 140 valence electrons. The summed E-state index contributed by atoms with van der Waals surface area (Å²) >= 11 is 0. The number of nitrogens with one attached hydrogen (secondary N) is 1. The summed E-state index contributed by atoms with van der Waals surface area (Å²) in [5, 5.41) is 3.73. The minimum absolute atomic E-state index is 0.132. The van der Waals surface area contributed by atoms with Crippen molar-refractivity contribution in [2.24, 2.45) is 5.73 Å². The molecule has 3 rings (SSSR count). The fourth-order valence-corrected chi connectivity index (χ4v) is 4.46. The molecule has 3 N–H and O–H groups in total. The Morgan fingerprint density at radius 3 is 2.20 bits per heavy atom. The highest BCUT2D eigenvalue weighted by atomic mass is 16.5. The molecule has 0 amide bonds. The van der Waals surface area contributed by atoms with E-state index in [9.17, 15) is 0 Å². The molecule has 2 fully saturated rings. The zero-order chi connectivity index (χ0) is 18.2. The predicted molar refractivity (Wildman–Crippen MR) is 106 cm³/mol. The van der Waals surface area contributed by atoms with Gasteiger partial charge in [0.05, 0.1) is 11.2 Å². The second-order valence-corrected chi connectivity index (χ2v) is 9.23. The van der Waals surface area contributed by atoms with Gasteiger partial charge in [-0.05, 0) is 84.1 Å². The third-order valence-electron chi connectivity index (χ3n) is 5.40. The molecule has 2 aliphatic rings. The minimum Gasteiger partial charge on any atom is -0.382 e. The molecular weight excluding hydrogens is 310 g/mol. The molecule has 0 spiro atoms. The molecule has 1 aliphatic heterocycles. The minimum atomic E-state index is -0.132. The molecule has 4 heteroatoms. The number of nitrogens with two attached hydrogens (primary N) is 1. The third-order valence-corrected chi connectivity index (χ3v) is 5.40. The maximum Gasteiger partial charge on any atom is 0.0808 e. The van der Waals surface area contributed by atoms with E-state index in [1.807, 2.05) is 0 Å². The lowest BCUT2D eigenvalue weighted by Crippen LogP contribution is -2.57. The first-order valence-corrected chi connectivity index (χ1v) is 9.71. The summed E-state index contributed by atoms with van der Waals surface area (Å²) in [5.41, 5.74) is 9.62. The van der Waals surface area contributed by atoms with Gasteiger partial charge in [0.1, 0.15) is 0 Å². The SMILES string of the molecule is Cc1cc(N2CC(C)(C)OC(C)(C)C2)ccc1NC1CCC(N)CC1. The van der Waals surface area contributed by atoms with Crippen molar-refractivity contribution in [3.05, 3.63) is 23.8 Å². The van der Waals surface area contributed by atoms with Gasteiger partial charge in [-0.2, -0.15) is 0 Å². The molecule has 1 heterocycles. The Hall–Kier alpha value is -1.26. The number of rotatable bonds is 3. The summed E-state index contributed by atoms with van der Waals surface area (Å²) in [6, 6.07) is 7.77. The van der Waals surface area contributed by atoms with Crippen LogP contribution >= 0.6 is 0 Å². The Morgan fingerprint density at radius 2 is 1.64 bits per heavy atom. The van der Waals surface area contributed by atoms with Crippen LogP contribution in [0.2, 0.25) is 0 Å². The first-order chi connectivity index (χ1) is 11.6. The second-order valence-electron chi connectivity index (χ2n) is 9.23. The Labute approximate surface area is 153 Å². The van der Waals surface area contributed by atoms with Gasteiger partial charge in [-0.3, -0.25) is 0 Å². The predicted octanol–water partition coefficient (Wildman–Crippen LogP) is 4.07. The van der Waals surface area contributed by atoms with Crippen LogP contribution in [0, 0.1) is 6.92 Å². The largest absolute Gasteiger partial charge is 0.382 e. The quantitative estimate of drug-likeness (QED) is 0.867. The standard InChI is InChI=1S/C21H35N3O/c1-15-12-18(24-13-20(2,3)25-21(4,5)14-24)10-11-19(15)23-17-8-6-16(22)7-9-17/h10-12,16-17,23H,6-9,13-14,22H2,1-5H3. The molecule has 0 unspecified atom stereocenters. The van der Waals surface area contributed by atoms with Crippen LogP contribution in [0.5, 0.6) is 0 Å². The summed E-state index contributed by atoms with van der Waals surface area (Å²) in [6.45, 7) is 12.8. The van der Waals surface area contributed by atoms with Gasteiger partial charge < -0.3 is 20.7 Å².